The van der Waals surface area contributed by atoms with Crippen molar-refractivity contribution in [2.24, 2.45) is 0 Å². The molecule has 2 heterocycles. The van der Waals surface area contributed by atoms with Crippen molar-refractivity contribution >= 4 is 33.8 Å². The molecule has 1 saturated carbocycles. The molecule has 1 N–H and O–H groups in total. The summed E-state index contributed by atoms with van der Waals surface area (Å²) in [5.74, 6) is 1.05. The monoisotopic (exact) mass is 405 g/mol. The van der Waals surface area contributed by atoms with Gasteiger partial charge in [-0.25, -0.2) is 4.98 Å². The molecule has 0 bridgehead atoms. The Bertz CT molecular complexity index is 1110. The Kier molecular flexibility index (Phi) is 6.05. The van der Waals surface area contributed by atoms with Crippen LogP contribution in [0.2, 0.25) is 5.02 Å². The van der Waals surface area contributed by atoms with Crippen LogP contribution in [-0.4, -0.2) is 15.4 Å². The van der Waals surface area contributed by atoms with Crippen LogP contribution in [0.1, 0.15) is 46.0 Å². The molecule has 150 valence electrons. The lowest BCUT2D eigenvalue weighted by molar-refractivity contribution is 0.462. The zero-order valence-corrected chi connectivity index (χ0v) is 17.9. The number of aromatic nitrogens is 2. The Morgan fingerprint density at radius 1 is 0.931 bits per heavy atom. The first-order chi connectivity index (χ1) is 14.3. The minimum Gasteiger partial charge on any atom is -0.367 e. The second-order valence-corrected chi connectivity index (χ2v) is 7.77. The molecule has 4 aromatic rings. The molecule has 0 saturated heterocycles. The molecule has 1 fully saturated rings. The van der Waals surface area contributed by atoms with E-state index in [1.54, 1.807) is 0 Å². The van der Waals surface area contributed by atoms with E-state index in [0.717, 1.165) is 33.1 Å². The van der Waals surface area contributed by atoms with Crippen molar-refractivity contribution < 1.29 is 0 Å². The number of anilines is 1. The van der Waals surface area contributed by atoms with E-state index < -0.39 is 0 Å². The van der Waals surface area contributed by atoms with Gasteiger partial charge in [0.15, 0.2) is 0 Å². The van der Waals surface area contributed by atoms with Gasteiger partial charge in [0.1, 0.15) is 17.2 Å². The molecule has 0 aliphatic heterocycles. The zero-order chi connectivity index (χ0) is 20.2. The predicted octanol–water partition coefficient (Wildman–Crippen LogP) is 7.58. The summed E-state index contributed by atoms with van der Waals surface area (Å²) < 4.78 is 2.19. The lowest BCUT2D eigenvalue weighted by Gasteiger charge is -2.24. The lowest BCUT2D eigenvalue weighted by atomic mass is 9.95. The average Bonchev–Trinajstić information content (AvgIpc) is 3.15. The third kappa shape index (κ3) is 3.84. The summed E-state index contributed by atoms with van der Waals surface area (Å²) in [7, 11) is 0. The number of benzene rings is 2. The number of fused-ring (bicyclic) bond motifs is 3. The molecule has 0 unspecified atom stereocenters. The van der Waals surface area contributed by atoms with Crippen LogP contribution in [0.5, 0.6) is 0 Å². The molecule has 1 aliphatic rings. The van der Waals surface area contributed by atoms with E-state index in [2.05, 4.69) is 52.3 Å². The molecule has 4 heteroatoms. The fourth-order valence-corrected chi connectivity index (χ4v) is 4.41. The van der Waals surface area contributed by atoms with Crippen molar-refractivity contribution in [2.75, 3.05) is 5.32 Å². The number of halogens is 1. The molecule has 2 aromatic heterocycles. The van der Waals surface area contributed by atoms with Gasteiger partial charge in [0.2, 0.25) is 0 Å². The zero-order valence-electron chi connectivity index (χ0n) is 17.2. The molecule has 5 rings (SSSR count). The van der Waals surface area contributed by atoms with Gasteiger partial charge in [0.05, 0.1) is 5.02 Å². The first-order valence-corrected chi connectivity index (χ1v) is 11.1. The molecule has 0 amide bonds. The number of imidazole rings is 1. The third-order valence-corrected chi connectivity index (χ3v) is 5.92. The Morgan fingerprint density at radius 2 is 1.66 bits per heavy atom. The van der Waals surface area contributed by atoms with Gasteiger partial charge in [0.25, 0.3) is 0 Å². The standard InChI is InChI=1S/C23H22ClN3.C2H6/c24-20-13-7-6-12-19(20)21-23(25-17-9-2-1-3-10-17)27-15-14-16-8-4-5-11-18(16)22(27)26-21;1-2/h4-8,11-15,17,25H,1-3,9-10H2;1-2H3. The second kappa shape index (κ2) is 8.87. The van der Waals surface area contributed by atoms with Gasteiger partial charge in [-0.2, -0.15) is 0 Å². The fourth-order valence-electron chi connectivity index (χ4n) is 4.19. The minimum atomic E-state index is 0.492. The normalized spacial score (nSPS) is 14.6. The van der Waals surface area contributed by atoms with Crippen molar-refractivity contribution in [3.8, 4) is 11.3 Å². The number of rotatable bonds is 3. The van der Waals surface area contributed by atoms with E-state index >= 15 is 0 Å². The summed E-state index contributed by atoms with van der Waals surface area (Å²) in [4.78, 5) is 5.05. The molecule has 29 heavy (non-hydrogen) atoms. The van der Waals surface area contributed by atoms with Gasteiger partial charge in [-0.05, 0) is 30.4 Å². The van der Waals surface area contributed by atoms with E-state index in [1.807, 2.05) is 32.0 Å². The molecular weight excluding hydrogens is 378 g/mol. The van der Waals surface area contributed by atoms with Crippen LogP contribution in [-0.2, 0) is 0 Å². The molecule has 2 aromatic carbocycles. The summed E-state index contributed by atoms with van der Waals surface area (Å²) in [6.45, 7) is 4.00. The van der Waals surface area contributed by atoms with Crippen LogP contribution in [0.4, 0.5) is 5.82 Å². The molecule has 0 spiro atoms. The summed E-state index contributed by atoms with van der Waals surface area (Å²) in [5, 5.41) is 6.89. The maximum Gasteiger partial charge on any atom is 0.147 e. The van der Waals surface area contributed by atoms with Gasteiger partial charge < -0.3 is 5.32 Å². The number of nitrogens with one attached hydrogen (secondary N) is 1. The Hall–Kier alpha value is -2.52. The van der Waals surface area contributed by atoms with Crippen LogP contribution in [0.15, 0.2) is 60.8 Å². The van der Waals surface area contributed by atoms with Crippen molar-refractivity contribution in [1.82, 2.24) is 9.38 Å². The Morgan fingerprint density at radius 3 is 2.45 bits per heavy atom. The summed E-state index contributed by atoms with van der Waals surface area (Å²) in [5.41, 5.74) is 2.88. The average molecular weight is 406 g/mol. The summed E-state index contributed by atoms with van der Waals surface area (Å²) in [6, 6.07) is 19.0. The number of nitrogens with zero attached hydrogens (tertiary/aromatic N) is 2. The van der Waals surface area contributed by atoms with E-state index in [0.29, 0.717) is 6.04 Å². The highest BCUT2D eigenvalue weighted by molar-refractivity contribution is 6.33. The molecule has 0 atom stereocenters. The molecule has 0 radical (unpaired) electrons. The highest BCUT2D eigenvalue weighted by Gasteiger charge is 2.21. The molecular formula is C25H28ClN3. The van der Waals surface area contributed by atoms with Crippen molar-refractivity contribution in [3.63, 3.8) is 0 Å². The first-order valence-electron chi connectivity index (χ1n) is 10.7. The van der Waals surface area contributed by atoms with E-state index in [9.17, 15) is 0 Å². The van der Waals surface area contributed by atoms with Crippen molar-refractivity contribution in [2.45, 2.75) is 52.0 Å². The first kappa shape index (κ1) is 19.8. The third-order valence-electron chi connectivity index (χ3n) is 5.59. The van der Waals surface area contributed by atoms with Crippen LogP contribution < -0.4 is 5.32 Å². The fraction of sp³-hybridized carbons (Fsp3) is 0.320. The highest BCUT2D eigenvalue weighted by atomic mass is 35.5. The minimum absolute atomic E-state index is 0.492. The number of hydrogen-bond acceptors (Lipinski definition) is 2. The lowest BCUT2D eigenvalue weighted by Crippen LogP contribution is -2.23. The molecule has 1 aliphatic carbocycles. The largest absolute Gasteiger partial charge is 0.367 e. The predicted molar refractivity (Wildman–Crippen MR) is 125 cm³/mol. The Balaban J connectivity index is 0.000000994. The van der Waals surface area contributed by atoms with E-state index in [4.69, 9.17) is 16.6 Å². The quantitative estimate of drug-likeness (QED) is 0.380. The van der Waals surface area contributed by atoms with Gasteiger partial charge in [-0.1, -0.05) is 87.2 Å². The Labute approximate surface area is 177 Å². The maximum atomic E-state index is 6.54. The number of pyridine rings is 1. The number of hydrogen-bond donors (Lipinski definition) is 1. The van der Waals surface area contributed by atoms with Gasteiger partial charge in [-0.15, -0.1) is 0 Å². The van der Waals surface area contributed by atoms with Crippen molar-refractivity contribution in [3.05, 3.63) is 65.8 Å². The van der Waals surface area contributed by atoms with Gasteiger partial charge >= 0.3 is 0 Å². The van der Waals surface area contributed by atoms with Crippen LogP contribution in [0.25, 0.3) is 27.7 Å². The molecule has 3 nitrogen and oxygen atoms in total. The SMILES string of the molecule is CC.Clc1ccccc1-c1nc2c3ccccc3ccn2c1NC1CCCCC1. The van der Waals surface area contributed by atoms with Crippen LogP contribution in [0.3, 0.4) is 0 Å². The van der Waals surface area contributed by atoms with Gasteiger partial charge in [-0.3, -0.25) is 4.40 Å². The maximum absolute atomic E-state index is 6.54. The van der Waals surface area contributed by atoms with Crippen LogP contribution >= 0.6 is 11.6 Å². The van der Waals surface area contributed by atoms with Crippen molar-refractivity contribution in [1.29, 1.82) is 0 Å². The summed E-state index contributed by atoms with van der Waals surface area (Å²) in [6.07, 6.45) is 8.46. The van der Waals surface area contributed by atoms with E-state index in [1.165, 1.54) is 37.5 Å². The summed E-state index contributed by atoms with van der Waals surface area (Å²) >= 11 is 6.54. The van der Waals surface area contributed by atoms with Crippen LogP contribution in [0, 0.1) is 0 Å². The highest BCUT2D eigenvalue weighted by Crippen LogP contribution is 2.36. The second-order valence-electron chi connectivity index (χ2n) is 7.36. The topological polar surface area (TPSA) is 29.3 Å². The van der Waals surface area contributed by atoms with Gasteiger partial charge in [0, 0.05) is 23.2 Å². The smallest absolute Gasteiger partial charge is 0.147 e. The van der Waals surface area contributed by atoms with E-state index in [-0.39, 0.29) is 0 Å².